The maximum Gasteiger partial charge on any atom is 0.328 e. The molecule has 0 saturated heterocycles. The summed E-state index contributed by atoms with van der Waals surface area (Å²) in [6, 6.07) is 6.16. The number of carbonyl (C=O) groups is 3. The summed E-state index contributed by atoms with van der Waals surface area (Å²) in [6.45, 7) is 5.01. The molecule has 0 fully saturated rings. The van der Waals surface area contributed by atoms with Crippen molar-refractivity contribution in [3.05, 3.63) is 36.0 Å². The van der Waals surface area contributed by atoms with Crippen LogP contribution in [0.5, 0.6) is 0 Å². The van der Waals surface area contributed by atoms with Crippen molar-refractivity contribution in [1.82, 2.24) is 15.6 Å². The maximum atomic E-state index is 12.6. The Labute approximate surface area is 152 Å². The van der Waals surface area contributed by atoms with Crippen molar-refractivity contribution < 1.29 is 19.1 Å². The number of para-hydroxylation sites is 1. The van der Waals surface area contributed by atoms with Gasteiger partial charge >= 0.3 is 5.97 Å². The van der Waals surface area contributed by atoms with Crippen molar-refractivity contribution in [2.24, 2.45) is 5.92 Å². The van der Waals surface area contributed by atoms with Crippen LogP contribution in [0.15, 0.2) is 30.5 Å². The number of amides is 2. The number of aromatic amines is 1. The van der Waals surface area contributed by atoms with Crippen molar-refractivity contribution >= 4 is 28.7 Å². The molecule has 26 heavy (non-hydrogen) atoms. The van der Waals surface area contributed by atoms with E-state index in [1.165, 1.54) is 14.0 Å². The molecule has 1 aromatic heterocycles. The topological polar surface area (TPSA) is 100 Å². The summed E-state index contributed by atoms with van der Waals surface area (Å²) in [7, 11) is 1.28. The van der Waals surface area contributed by atoms with Crippen LogP contribution in [-0.4, -0.2) is 42.0 Å². The third-order valence-electron chi connectivity index (χ3n) is 4.21. The molecule has 3 N–H and O–H groups in total. The van der Waals surface area contributed by atoms with Gasteiger partial charge in [0.2, 0.25) is 11.8 Å². The van der Waals surface area contributed by atoms with E-state index in [1.54, 1.807) is 0 Å². The summed E-state index contributed by atoms with van der Waals surface area (Å²) in [5.41, 5.74) is 1.85. The van der Waals surface area contributed by atoms with Gasteiger partial charge in [0, 0.05) is 30.4 Å². The quantitative estimate of drug-likeness (QED) is 0.653. The number of ether oxygens (including phenoxy) is 1. The standard InChI is InChI=1S/C19H25N3O4/c1-11(2)17(21-12(3)23)18(24)22-16(19(25)26-4)9-13-10-20-15-8-6-5-7-14(13)15/h5-8,10-11,16-17,20H,9H2,1-4H3,(H,21,23)(H,22,24)/t16-,17-/m0/s1. The predicted octanol–water partition coefficient (Wildman–Crippen LogP) is 1.53. The molecule has 0 aliphatic heterocycles. The molecule has 0 spiro atoms. The lowest BCUT2D eigenvalue weighted by Crippen LogP contribution is -2.54. The number of aromatic nitrogens is 1. The first-order chi connectivity index (χ1) is 12.3. The molecule has 7 nitrogen and oxygen atoms in total. The fraction of sp³-hybridized carbons (Fsp3) is 0.421. The Morgan fingerprint density at radius 1 is 1.15 bits per heavy atom. The zero-order chi connectivity index (χ0) is 19.3. The number of rotatable bonds is 7. The molecule has 2 amide bonds. The Hall–Kier alpha value is -2.83. The number of carbonyl (C=O) groups excluding carboxylic acids is 3. The van der Waals surface area contributed by atoms with Crippen LogP contribution in [0.3, 0.4) is 0 Å². The minimum absolute atomic E-state index is 0.120. The summed E-state index contributed by atoms with van der Waals surface area (Å²) < 4.78 is 4.84. The van der Waals surface area contributed by atoms with Crippen molar-refractivity contribution in [3.8, 4) is 0 Å². The largest absolute Gasteiger partial charge is 0.467 e. The molecule has 7 heteroatoms. The van der Waals surface area contributed by atoms with Crippen molar-refractivity contribution in [2.75, 3.05) is 7.11 Å². The van der Waals surface area contributed by atoms with Crippen LogP contribution in [0.2, 0.25) is 0 Å². The maximum absolute atomic E-state index is 12.6. The van der Waals surface area contributed by atoms with Crippen LogP contribution in [-0.2, 0) is 25.5 Å². The van der Waals surface area contributed by atoms with E-state index in [0.717, 1.165) is 16.5 Å². The Kier molecular flexibility index (Phi) is 6.38. The van der Waals surface area contributed by atoms with Crippen LogP contribution in [0, 0.1) is 5.92 Å². The number of hydrogen-bond acceptors (Lipinski definition) is 4. The van der Waals surface area contributed by atoms with E-state index >= 15 is 0 Å². The molecule has 140 valence electrons. The number of hydrogen-bond donors (Lipinski definition) is 3. The average Bonchev–Trinajstić information content (AvgIpc) is 3.01. The summed E-state index contributed by atoms with van der Waals surface area (Å²) in [5, 5.41) is 6.32. The van der Waals surface area contributed by atoms with Gasteiger partial charge in [-0.2, -0.15) is 0 Å². The first kappa shape index (κ1) is 19.5. The van der Waals surface area contributed by atoms with Gasteiger partial charge in [-0.15, -0.1) is 0 Å². The van der Waals surface area contributed by atoms with Gasteiger partial charge in [0.1, 0.15) is 12.1 Å². The second-order valence-electron chi connectivity index (χ2n) is 6.57. The lowest BCUT2D eigenvalue weighted by molar-refractivity contribution is -0.145. The van der Waals surface area contributed by atoms with E-state index in [4.69, 9.17) is 4.74 Å². The van der Waals surface area contributed by atoms with Gasteiger partial charge in [-0.1, -0.05) is 32.0 Å². The van der Waals surface area contributed by atoms with Crippen molar-refractivity contribution in [1.29, 1.82) is 0 Å². The van der Waals surface area contributed by atoms with Gasteiger partial charge in [-0.25, -0.2) is 4.79 Å². The summed E-state index contributed by atoms with van der Waals surface area (Å²) >= 11 is 0. The highest BCUT2D eigenvalue weighted by Gasteiger charge is 2.29. The predicted molar refractivity (Wildman–Crippen MR) is 98.4 cm³/mol. The molecule has 0 bridgehead atoms. The van der Waals surface area contributed by atoms with Gasteiger partial charge in [0.25, 0.3) is 0 Å². The third-order valence-corrected chi connectivity index (χ3v) is 4.21. The first-order valence-corrected chi connectivity index (χ1v) is 8.53. The van der Waals surface area contributed by atoms with E-state index in [0.29, 0.717) is 0 Å². The zero-order valence-corrected chi connectivity index (χ0v) is 15.5. The average molecular weight is 359 g/mol. The highest BCUT2D eigenvalue weighted by molar-refractivity contribution is 5.91. The second kappa shape index (κ2) is 8.51. The van der Waals surface area contributed by atoms with E-state index in [1.807, 2.05) is 44.3 Å². The number of H-pyrrole nitrogens is 1. The summed E-state index contributed by atoms with van der Waals surface area (Å²) in [6.07, 6.45) is 2.10. The summed E-state index contributed by atoms with van der Waals surface area (Å²) in [5.74, 6) is -1.37. The molecule has 0 aliphatic rings. The molecule has 1 aromatic carbocycles. The number of fused-ring (bicyclic) bond motifs is 1. The first-order valence-electron chi connectivity index (χ1n) is 8.53. The number of nitrogens with one attached hydrogen (secondary N) is 3. The molecule has 0 radical (unpaired) electrons. The lowest BCUT2D eigenvalue weighted by atomic mass is 10.0. The molecule has 1 heterocycles. The number of benzene rings is 1. The van der Waals surface area contributed by atoms with Crippen LogP contribution >= 0.6 is 0 Å². The van der Waals surface area contributed by atoms with Crippen molar-refractivity contribution in [2.45, 2.75) is 39.3 Å². The highest BCUT2D eigenvalue weighted by atomic mass is 16.5. The smallest absolute Gasteiger partial charge is 0.328 e. The Morgan fingerprint density at radius 3 is 2.46 bits per heavy atom. The monoisotopic (exact) mass is 359 g/mol. The minimum atomic E-state index is -0.846. The number of esters is 1. The SMILES string of the molecule is COC(=O)[C@H](Cc1c[nH]c2ccccc12)NC(=O)[C@@H](NC(C)=O)C(C)C. The van der Waals surface area contributed by atoms with Gasteiger partial charge in [-0.05, 0) is 17.5 Å². The normalized spacial score (nSPS) is 13.3. The molecular formula is C19H25N3O4. The van der Waals surface area contributed by atoms with Crippen LogP contribution in [0.4, 0.5) is 0 Å². The molecular weight excluding hydrogens is 334 g/mol. The van der Waals surface area contributed by atoms with Gasteiger partial charge in [-0.3, -0.25) is 9.59 Å². The molecule has 2 atom stereocenters. The van der Waals surface area contributed by atoms with Crippen molar-refractivity contribution in [3.63, 3.8) is 0 Å². The Bertz CT molecular complexity index is 797. The Balaban J connectivity index is 2.20. The number of methoxy groups -OCH3 is 1. The molecule has 2 rings (SSSR count). The van der Waals surface area contributed by atoms with E-state index < -0.39 is 24.0 Å². The zero-order valence-electron chi connectivity index (χ0n) is 15.5. The van der Waals surface area contributed by atoms with Crippen LogP contribution in [0.1, 0.15) is 26.3 Å². The van der Waals surface area contributed by atoms with Crippen LogP contribution < -0.4 is 10.6 Å². The molecule has 2 aromatic rings. The fourth-order valence-corrected chi connectivity index (χ4v) is 2.87. The van der Waals surface area contributed by atoms with E-state index in [2.05, 4.69) is 15.6 Å². The molecule has 0 unspecified atom stereocenters. The highest BCUT2D eigenvalue weighted by Crippen LogP contribution is 2.19. The fourth-order valence-electron chi connectivity index (χ4n) is 2.87. The van der Waals surface area contributed by atoms with Crippen LogP contribution in [0.25, 0.3) is 10.9 Å². The van der Waals surface area contributed by atoms with Gasteiger partial charge in [0.05, 0.1) is 7.11 Å². The minimum Gasteiger partial charge on any atom is -0.467 e. The van der Waals surface area contributed by atoms with Gasteiger partial charge in [0.15, 0.2) is 0 Å². The summed E-state index contributed by atoms with van der Waals surface area (Å²) in [4.78, 5) is 39.3. The molecule has 0 saturated carbocycles. The van der Waals surface area contributed by atoms with E-state index in [-0.39, 0.29) is 18.2 Å². The third kappa shape index (κ3) is 4.62. The van der Waals surface area contributed by atoms with Gasteiger partial charge < -0.3 is 20.4 Å². The van der Waals surface area contributed by atoms with E-state index in [9.17, 15) is 14.4 Å². The molecule has 0 aliphatic carbocycles. The second-order valence-corrected chi connectivity index (χ2v) is 6.57. The lowest BCUT2D eigenvalue weighted by Gasteiger charge is -2.24. The Morgan fingerprint density at radius 2 is 1.85 bits per heavy atom.